The molecule has 0 spiro atoms. The van der Waals surface area contributed by atoms with Crippen molar-refractivity contribution in [1.29, 1.82) is 0 Å². The highest BCUT2D eigenvalue weighted by Crippen LogP contribution is 2.30. The lowest BCUT2D eigenvalue weighted by Crippen LogP contribution is -2.19. The molecule has 3 heterocycles. The van der Waals surface area contributed by atoms with E-state index >= 15 is 0 Å². The van der Waals surface area contributed by atoms with Crippen LogP contribution in [-0.2, 0) is 6.42 Å². The van der Waals surface area contributed by atoms with Crippen LogP contribution in [0.3, 0.4) is 0 Å². The number of hydrogen-bond donors (Lipinski definition) is 1. The normalized spacial score (nSPS) is 14.1. The fourth-order valence-corrected chi connectivity index (χ4v) is 3.87. The van der Waals surface area contributed by atoms with Crippen LogP contribution in [0.15, 0.2) is 49.8 Å². The zero-order valence-electron chi connectivity index (χ0n) is 17.2. The molecule has 1 aliphatic rings. The van der Waals surface area contributed by atoms with Gasteiger partial charge in [-0.1, -0.05) is 38.5 Å². The van der Waals surface area contributed by atoms with Crippen molar-refractivity contribution in [2.75, 3.05) is 6.54 Å². The summed E-state index contributed by atoms with van der Waals surface area (Å²) in [5.74, 6) is 0.778. The number of fused-ring (bicyclic) bond motifs is 1. The van der Waals surface area contributed by atoms with Gasteiger partial charge in [0.2, 0.25) is 0 Å². The molecule has 6 heteroatoms. The zero-order chi connectivity index (χ0) is 21.3. The van der Waals surface area contributed by atoms with Crippen molar-refractivity contribution in [1.82, 2.24) is 19.7 Å². The third kappa shape index (κ3) is 4.13. The van der Waals surface area contributed by atoms with E-state index in [0.717, 1.165) is 40.4 Å². The largest absolute Gasteiger partial charge is 0.378 e. The Morgan fingerprint density at radius 2 is 2.03 bits per heavy atom. The third-order valence-corrected chi connectivity index (χ3v) is 5.82. The van der Waals surface area contributed by atoms with Crippen LogP contribution in [0.4, 0.5) is 8.78 Å². The molecule has 0 saturated heterocycles. The van der Waals surface area contributed by atoms with Crippen LogP contribution >= 0.6 is 0 Å². The minimum Gasteiger partial charge on any atom is -0.378 e. The minimum absolute atomic E-state index is 0.406. The molecule has 0 radical (unpaired) electrons. The van der Waals surface area contributed by atoms with E-state index in [9.17, 15) is 8.78 Å². The number of nitrogens with one attached hydrogen (secondary N) is 1. The number of alkyl halides is 2. The van der Waals surface area contributed by atoms with Crippen LogP contribution in [0.2, 0.25) is 0 Å². The first kappa shape index (κ1) is 20.3. The Morgan fingerprint density at radius 1 is 1.23 bits per heavy atom. The highest BCUT2D eigenvalue weighted by molar-refractivity contribution is 5.79. The SMILES string of the molecule is C=C(c1ccc2ncc(C(=C)NCC(F)F)n2c1)c1ccc(CC2CCC2)nc1C. The summed E-state index contributed by atoms with van der Waals surface area (Å²) in [4.78, 5) is 9.15. The first-order valence-electron chi connectivity index (χ1n) is 10.3. The molecule has 30 heavy (non-hydrogen) atoms. The first-order valence-corrected chi connectivity index (χ1v) is 10.3. The summed E-state index contributed by atoms with van der Waals surface area (Å²) in [6.45, 7) is 9.73. The van der Waals surface area contributed by atoms with Gasteiger partial charge in [0.25, 0.3) is 6.43 Å². The van der Waals surface area contributed by atoms with E-state index in [0.29, 0.717) is 17.0 Å². The predicted octanol–water partition coefficient (Wildman–Crippen LogP) is 5.27. The molecule has 1 aliphatic carbocycles. The van der Waals surface area contributed by atoms with Gasteiger partial charge in [-0.05, 0) is 48.6 Å². The number of pyridine rings is 2. The molecular formula is C24H26F2N4. The van der Waals surface area contributed by atoms with Gasteiger partial charge in [0.05, 0.1) is 24.1 Å². The summed E-state index contributed by atoms with van der Waals surface area (Å²) in [5.41, 5.74) is 6.65. The fourth-order valence-electron chi connectivity index (χ4n) is 3.87. The monoisotopic (exact) mass is 408 g/mol. The molecular weight excluding hydrogens is 382 g/mol. The average Bonchev–Trinajstić information content (AvgIpc) is 3.12. The molecule has 4 rings (SSSR count). The second-order valence-electron chi connectivity index (χ2n) is 7.96. The van der Waals surface area contributed by atoms with Gasteiger partial charge in [-0.3, -0.25) is 9.38 Å². The Balaban J connectivity index is 1.58. The van der Waals surface area contributed by atoms with Crippen molar-refractivity contribution in [3.05, 3.63) is 78.0 Å². The Labute approximate surface area is 175 Å². The number of aryl methyl sites for hydroxylation is 1. The second-order valence-corrected chi connectivity index (χ2v) is 7.96. The van der Waals surface area contributed by atoms with E-state index in [2.05, 4.69) is 35.6 Å². The van der Waals surface area contributed by atoms with E-state index in [1.165, 1.54) is 19.3 Å². The molecule has 0 atom stereocenters. The van der Waals surface area contributed by atoms with E-state index in [-0.39, 0.29) is 0 Å². The van der Waals surface area contributed by atoms with Gasteiger partial charge in [-0.2, -0.15) is 0 Å². The van der Waals surface area contributed by atoms with Crippen molar-refractivity contribution in [3.63, 3.8) is 0 Å². The number of rotatable bonds is 8. The molecule has 3 aromatic heterocycles. The Bertz CT molecular complexity index is 1100. The van der Waals surface area contributed by atoms with Crippen LogP contribution < -0.4 is 5.32 Å². The molecule has 0 amide bonds. The molecule has 1 fully saturated rings. The standard InChI is InChI=1S/C24H26F2N4/c1-15(21-9-8-20(29-16(21)2)11-18-5-4-6-18)19-7-10-24-28-12-22(30(24)14-19)17(3)27-13-23(25)26/h7-10,12,14,18,23,27H,1,3-6,11,13H2,2H3. The first-order chi connectivity index (χ1) is 14.4. The second kappa shape index (κ2) is 8.38. The van der Waals surface area contributed by atoms with Gasteiger partial charge >= 0.3 is 0 Å². The number of aromatic nitrogens is 3. The van der Waals surface area contributed by atoms with Crippen molar-refractivity contribution < 1.29 is 8.78 Å². The molecule has 156 valence electrons. The van der Waals surface area contributed by atoms with Gasteiger partial charge in [0.15, 0.2) is 0 Å². The smallest absolute Gasteiger partial charge is 0.255 e. The fraction of sp³-hybridized carbons (Fsp3) is 0.333. The average molecular weight is 408 g/mol. The summed E-state index contributed by atoms with van der Waals surface area (Å²) in [6, 6.07) is 8.05. The van der Waals surface area contributed by atoms with Crippen LogP contribution in [0.25, 0.3) is 16.9 Å². The molecule has 4 nitrogen and oxygen atoms in total. The highest BCUT2D eigenvalue weighted by atomic mass is 19.3. The lowest BCUT2D eigenvalue weighted by molar-refractivity contribution is 0.151. The van der Waals surface area contributed by atoms with Crippen LogP contribution in [0.1, 0.15) is 47.5 Å². The molecule has 1 saturated carbocycles. The molecule has 0 unspecified atom stereocenters. The summed E-state index contributed by atoms with van der Waals surface area (Å²) < 4.78 is 26.9. The Hall–Kier alpha value is -3.02. The van der Waals surface area contributed by atoms with Crippen LogP contribution in [0, 0.1) is 12.8 Å². The maximum Gasteiger partial charge on any atom is 0.255 e. The summed E-state index contributed by atoms with van der Waals surface area (Å²) in [7, 11) is 0. The Kier molecular flexibility index (Phi) is 5.66. The molecule has 0 bridgehead atoms. The van der Waals surface area contributed by atoms with Crippen molar-refractivity contribution in [2.24, 2.45) is 5.92 Å². The number of imidazole rings is 1. The lowest BCUT2D eigenvalue weighted by Gasteiger charge is -2.25. The summed E-state index contributed by atoms with van der Waals surface area (Å²) >= 11 is 0. The highest BCUT2D eigenvalue weighted by Gasteiger charge is 2.19. The summed E-state index contributed by atoms with van der Waals surface area (Å²) in [5, 5.41) is 2.66. The van der Waals surface area contributed by atoms with Gasteiger partial charge < -0.3 is 5.32 Å². The maximum atomic E-state index is 12.5. The van der Waals surface area contributed by atoms with Crippen molar-refractivity contribution in [3.8, 4) is 0 Å². The van der Waals surface area contributed by atoms with E-state index in [4.69, 9.17) is 4.98 Å². The minimum atomic E-state index is -2.45. The number of hydrogen-bond acceptors (Lipinski definition) is 3. The van der Waals surface area contributed by atoms with Gasteiger partial charge in [0, 0.05) is 23.1 Å². The number of halogens is 2. The van der Waals surface area contributed by atoms with E-state index in [1.54, 1.807) is 6.20 Å². The topological polar surface area (TPSA) is 42.2 Å². The van der Waals surface area contributed by atoms with Crippen molar-refractivity contribution in [2.45, 2.75) is 39.0 Å². The molecule has 3 aromatic rings. The van der Waals surface area contributed by atoms with Gasteiger partial charge in [-0.25, -0.2) is 13.8 Å². The van der Waals surface area contributed by atoms with Crippen LogP contribution in [0.5, 0.6) is 0 Å². The quantitative estimate of drug-likeness (QED) is 0.552. The predicted molar refractivity (Wildman–Crippen MR) is 116 cm³/mol. The van der Waals surface area contributed by atoms with Gasteiger partial charge in [-0.15, -0.1) is 0 Å². The maximum absolute atomic E-state index is 12.5. The van der Waals surface area contributed by atoms with E-state index < -0.39 is 13.0 Å². The number of nitrogens with zero attached hydrogens (tertiary/aromatic N) is 3. The summed E-state index contributed by atoms with van der Waals surface area (Å²) in [6.07, 6.45) is 6.09. The van der Waals surface area contributed by atoms with E-state index in [1.807, 2.05) is 29.7 Å². The Morgan fingerprint density at radius 3 is 2.70 bits per heavy atom. The lowest BCUT2D eigenvalue weighted by atomic mass is 9.82. The van der Waals surface area contributed by atoms with Gasteiger partial charge in [0.1, 0.15) is 5.65 Å². The molecule has 1 N–H and O–H groups in total. The van der Waals surface area contributed by atoms with Crippen LogP contribution in [-0.4, -0.2) is 27.3 Å². The molecule has 0 aromatic carbocycles. The van der Waals surface area contributed by atoms with Crippen molar-refractivity contribution >= 4 is 16.9 Å². The zero-order valence-corrected chi connectivity index (χ0v) is 17.2. The molecule has 0 aliphatic heterocycles. The third-order valence-electron chi connectivity index (χ3n) is 5.82.